The first-order valence-corrected chi connectivity index (χ1v) is 24.7. The molecule has 2 N–H and O–H groups in total. The minimum absolute atomic E-state index is 0.0158. The van der Waals surface area contributed by atoms with Gasteiger partial charge in [-0.3, -0.25) is 14.4 Å². The Morgan fingerprint density at radius 3 is 2.07 bits per heavy atom. The predicted molar refractivity (Wildman–Crippen MR) is 207 cm³/mol. The van der Waals surface area contributed by atoms with E-state index < -0.39 is 101 Å². The van der Waals surface area contributed by atoms with Crippen LogP contribution in [-0.2, 0) is 33.3 Å². The summed E-state index contributed by atoms with van der Waals surface area (Å²) < 4.78 is 32.0. The number of carbonyl (C=O) groups excluding carboxylic acids is 4. The van der Waals surface area contributed by atoms with Crippen LogP contribution >= 0.6 is 0 Å². The molecule has 4 aliphatic rings. The van der Waals surface area contributed by atoms with Gasteiger partial charge in [0.1, 0.15) is 30.7 Å². The van der Waals surface area contributed by atoms with Crippen LogP contribution in [0, 0.1) is 28.6 Å². The van der Waals surface area contributed by atoms with E-state index in [4.69, 9.17) is 23.7 Å². The van der Waals surface area contributed by atoms with Crippen LogP contribution < -0.4 is 14.9 Å². The van der Waals surface area contributed by atoms with Crippen molar-refractivity contribution >= 4 is 45.0 Å². The second-order valence-corrected chi connectivity index (χ2v) is 21.1. The van der Waals surface area contributed by atoms with Crippen molar-refractivity contribution in [1.82, 2.24) is 0 Å². The van der Waals surface area contributed by atoms with Crippen molar-refractivity contribution in [3.63, 3.8) is 0 Å². The SMILES string of the molecule is CCC[CH2][Sn+2][CH2]CCC.COc1ccc(C(=O)O[C@@H]2C[C@H](OC(C)=O)C[C@@]3(O)CC[C@@H]4[C@H]([C@H](OC(C)=O)C[C@]5(C)[C@@H](C([O-])C[O-])CC[C@]45O)[C@@]23COC(C)=O)cc1. The third kappa shape index (κ3) is 9.95. The van der Waals surface area contributed by atoms with Crippen molar-refractivity contribution < 1.29 is 63.3 Å². The van der Waals surface area contributed by atoms with E-state index in [0.717, 1.165) is 0 Å². The third-order valence-electron chi connectivity index (χ3n) is 13.4. The summed E-state index contributed by atoms with van der Waals surface area (Å²) in [5.41, 5.74) is -5.95. The Morgan fingerprint density at radius 1 is 0.895 bits per heavy atom. The van der Waals surface area contributed by atoms with E-state index in [2.05, 4.69) is 13.8 Å². The largest absolute Gasteiger partial charge is 0.855 e. The number of fused-ring (bicyclic) bond motifs is 5. The molecule has 57 heavy (non-hydrogen) atoms. The number of ether oxygens (including phenoxy) is 5. The molecular formula is C43H64O13Sn. The summed E-state index contributed by atoms with van der Waals surface area (Å²) in [7, 11) is 1.48. The Kier molecular flexibility index (Phi) is 16.7. The number of aliphatic hydroxyl groups is 2. The fourth-order valence-corrected chi connectivity index (χ4v) is 15.0. The van der Waals surface area contributed by atoms with Crippen LogP contribution in [-0.4, -0.2) is 111 Å². The summed E-state index contributed by atoms with van der Waals surface area (Å²) in [6, 6.07) is 6.17. The molecule has 0 aromatic heterocycles. The third-order valence-corrected chi connectivity index (χ3v) is 17.5. The zero-order valence-electron chi connectivity index (χ0n) is 34.8. The Bertz CT molecular complexity index is 1520. The van der Waals surface area contributed by atoms with Gasteiger partial charge in [0.2, 0.25) is 0 Å². The van der Waals surface area contributed by atoms with E-state index in [1.807, 2.05) is 0 Å². The van der Waals surface area contributed by atoms with Crippen molar-refractivity contribution in [1.29, 1.82) is 0 Å². The van der Waals surface area contributed by atoms with Gasteiger partial charge < -0.3 is 44.1 Å². The summed E-state index contributed by atoms with van der Waals surface area (Å²) in [4.78, 5) is 51.1. The van der Waals surface area contributed by atoms with Crippen LogP contribution in [0.15, 0.2) is 24.3 Å². The van der Waals surface area contributed by atoms with Crippen molar-refractivity contribution in [2.24, 2.45) is 28.6 Å². The van der Waals surface area contributed by atoms with Crippen LogP contribution in [0.25, 0.3) is 0 Å². The molecule has 0 amide bonds. The zero-order valence-corrected chi connectivity index (χ0v) is 37.7. The van der Waals surface area contributed by atoms with Gasteiger partial charge in [0, 0.05) is 44.9 Å². The summed E-state index contributed by atoms with van der Waals surface area (Å²) in [5, 5.41) is 50.4. The molecule has 4 aliphatic carbocycles. The van der Waals surface area contributed by atoms with Gasteiger partial charge in [-0.1, -0.05) is 6.92 Å². The molecule has 0 aliphatic heterocycles. The average molecular weight is 908 g/mol. The molecule has 0 spiro atoms. The fourth-order valence-electron chi connectivity index (χ4n) is 10.8. The molecule has 0 bridgehead atoms. The number of rotatable bonds is 15. The van der Waals surface area contributed by atoms with Crippen molar-refractivity contribution in [3.05, 3.63) is 29.8 Å². The number of unbranched alkanes of at least 4 members (excludes halogenated alkanes) is 2. The van der Waals surface area contributed by atoms with Gasteiger partial charge in [-0.25, -0.2) is 4.79 Å². The molecule has 11 atom stereocenters. The molecule has 4 fully saturated rings. The molecule has 4 saturated carbocycles. The smallest absolute Gasteiger partial charge is 0.338 e. The maximum absolute atomic E-state index is 13.8. The Labute approximate surface area is 348 Å². The monoisotopic (exact) mass is 908 g/mol. The summed E-state index contributed by atoms with van der Waals surface area (Å²) in [6.45, 7) is 8.66. The Balaban J connectivity index is 0.000000713. The molecule has 5 rings (SSSR count). The minimum atomic E-state index is -1.80. The summed E-state index contributed by atoms with van der Waals surface area (Å²) in [5.74, 6) is -4.57. The van der Waals surface area contributed by atoms with E-state index in [1.165, 1.54) is 65.7 Å². The van der Waals surface area contributed by atoms with Crippen molar-refractivity contribution in [3.8, 4) is 5.75 Å². The minimum Gasteiger partial charge on any atom is -0.855 e. The molecule has 0 saturated heterocycles. The van der Waals surface area contributed by atoms with E-state index >= 15 is 0 Å². The predicted octanol–water partition coefficient (Wildman–Crippen LogP) is 3.95. The van der Waals surface area contributed by atoms with Crippen LogP contribution in [0.5, 0.6) is 5.75 Å². The van der Waals surface area contributed by atoms with Gasteiger partial charge in [-0.05, 0) is 68.2 Å². The normalized spacial score (nSPS) is 34.4. The van der Waals surface area contributed by atoms with Crippen LogP contribution in [0.4, 0.5) is 0 Å². The average Bonchev–Trinajstić information content (AvgIpc) is 3.43. The molecule has 13 nitrogen and oxygen atoms in total. The van der Waals surface area contributed by atoms with E-state index in [-0.39, 0.29) is 71.7 Å². The quantitative estimate of drug-likeness (QED) is 0.111. The van der Waals surface area contributed by atoms with Gasteiger partial charge >= 0.3 is 93.4 Å². The molecule has 0 radical (unpaired) electrons. The Hall–Kier alpha value is -2.46. The first-order valence-electron chi connectivity index (χ1n) is 20.7. The van der Waals surface area contributed by atoms with Crippen LogP contribution in [0.3, 0.4) is 0 Å². The Morgan fingerprint density at radius 2 is 1.53 bits per heavy atom. The van der Waals surface area contributed by atoms with Crippen LogP contribution in [0.2, 0.25) is 8.87 Å². The molecule has 1 aromatic carbocycles. The molecule has 0 heterocycles. The maximum Gasteiger partial charge on any atom is 0.338 e. The number of hydrogen-bond acceptors (Lipinski definition) is 13. The van der Waals surface area contributed by atoms with E-state index in [9.17, 15) is 39.6 Å². The number of benzene rings is 1. The molecule has 14 heteroatoms. The topological polar surface area (TPSA) is 201 Å². The number of methoxy groups -OCH3 is 1. The second-order valence-electron chi connectivity index (χ2n) is 16.8. The molecular weight excluding hydrogens is 843 g/mol. The number of carbonyl (C=O) groups is 4. The molecule has 1 unspecified atom stereocenters. The fraction of sp³-hybridized carbons (Fsp3) is 0.767. The standard InChI is InChI=1S/C35H46O13.2C4H9.Sn/c1-19(37)45-18-34-29(48-31(41)22-6-8-23(44-5)9-7-22)14-24(46-20(2)38)15-33(34,42)12-10-26-30(34)28(47-21(3)39)16-32(4)25(27(40)17-36)11-13-35(26,32)43;2*1-3-4-2;/h6-9,24-30,42-43H,10-18H2,1-5H3;2*1,3-4H2,2H3;/q-2;;;+2/t24-,25+,26+,27?,28+,29+,30+,32+,33-,34+,35-;;;/m0.../s1. The van der Waals surface area contributed by atoms with E-state index in [0.29, 0.717) is 5.75 Å². The zero-order chi connectivity index (χ0) is 42.2. The second kappa shape index (κ2) is 20.2. The number of hydrogen-bond donors (Lipinski definition) is 2. The van der Waals surface area contributed by atoms with Gasteiger partial charge in [0.15, 0.2) is 0 Å². The van der Waals surface area contributed by atoms with Crippen molar-refractivity contribution in [2.45, 2.75) is 157 Å². The summed E-state index contributed by atoms with van der Waals surface area (Å²) >= 11 is 0.149. The maximum atomic E-state index is 13.8. The van der Waals surface area contributed by atoms with Gasteiger partial charge in [0.05, 0.1) is 29.3 Å². The van der Waals surface area contributed by atoms with Crippen molar-refractivity contribution in [2.75, 3.05) is 20.3 Å². The van der Waals surface area contributed by atoms with Gasteiger partial charge in [-0.2, -0.15) is 6.61 Å². The van der Waals surface area contributed by atoms with Crippen LogP contribution in [0.1, 0.15) is 123 Å². The first kappa shape index (κ1) is 47.2. The summed E-state index contributed by atoms with van der Waals surface area (Å²) in [6.07, 6.45) is 1.65. The van der Waals surface area contributed by atoms with E-state index in [1.54, 1.807) is 27.9 Å². The number of esters is 4. The van der Waals surface area contributed by atoms with Gasteiger partial charge in [-0.15, -0.1) is 6.10 Å². The first-order chi connectivity index (χ1) is 27.0. The van der Waals surface area contributed by atoms with Gasteiger partial charge in [0.25, 0.3) is 0 Å². The molecule has 1 aromatic rings. The molecule has 318 valence electrons.